The minimum absolute atomic E-state index is 0.237. The molecule has 28 heavy (non-hydrogen) atoms. The second kappa shape index (κ2) is 7.74. The number of carboxylic acids is 1. The molecular formula is C23H24FNO3. The van der Waals surface area contributed by atoms with E-state index in [2.05, 4.69) is 5.32 Å². The summed E-state index contributed by atoms with van der Waals surface area (Å²) in [5, 5.41) is 12.4. The van der Waals surface area contributed by atoms with Crippen molar-refractivity contribution in [2.75, 3.05) is 0 Å². The fraction of sp³-hybridized carbons (Fsp3) is 0.391. The minimum atomic E-state index is -0.922. The van der Waals surface area contributed by atoms with E-state index in [0.717, 1.165) is 30.4 Å². The summed E-state index contributed by atoms with van der Waals surface area (Å²) >= 11 is 0. The molecule has 0 saturated heterocycles. The van der Waals surface area contributed by atoms with Crippen LogP contribution >= 0.6 is 0 Å². The molecule has 146 valence electrons. The van der Waals surface area contributed by atoms with Crippen LogP contribution in [0.2, 0.25) is 0 Å². The summed E-state index contributed by atoms with van der Waals surface area (Å²) in [6.45, 7) is 0. The number of carbonyl (C=O) groups excluding carboxylic acids is 1. The van der Waals surface area contributed by atoms with Gasteiger partial charge < -0.3 is 10.4 Å². The molecule has 2 aromatic carbocycles. The van der Waals surface area contributed by atoms with Gasteiger partial charge in [-0.25, -0.2) is 4.39 Å². The summed E-state index contributed by atoms with van der Waals surface area (Å²) in [4.78, 5) is 24.4. The highest BCUT2D eigenvalue weighted by molar-refractivity contribution is 5.85. The molecule has 0 radical (unpaired) electrons. The first-order valence-electron chi connectivity index (χ1n) is 9.92. The number of rotatable bonds is 6. The van der Waals surface area contributed by atoms with Crippen molar-refractivity contribution in [1.82, 2.24) is 5.32 Å². The van der Waals surface area contributed by atoms with E-state index in [9.17, 15) is 19.1 Å². The van der Waals surface area contributed by atoms with Crippen LogP contribution in [0.4, 0.5) is 4.39 Å². The first-order valence-corrected chi connectivity index (χ1v) is 9.92. The molecule has 0 aliphatic heterocycles. The van der Waals surface area contributed by atoms with Crippen LogP contribution in [0.25, 0.3) is 0 Å². The number of carbonyl (C=O) groups is 2. The van der Waals surface area contributed by atoms with Crippen LogP contribution < -0.4 is 5.32 Å². The summed E-state index contributed by atoms with van der Waals surface area (Å²) in [5.74, 6) is -2.31. The predicted octanol–water partition coefficient (Wildman–Crippen LogP) is 4.41. The second-order valence-electron chi connectivity index (χ2n) is 7.89. The molecule has 2 N–H and O–H groups in total. The summed E-state index contributed by atoms with van der Waals surface area (Å²) in [6, 6.07) is 14.1. The molecule has 0 bridgehead atoms. The molecule has 5 heteroatoms. The number of hydrogen-bond donors (Lipinski definition) is 2. The van der Waals surface area contributed by atoms with Crippen LogP contribution in [0.15, 0.2) is 48.5 Å². The van der Waals surface area contributed by atoms with E-state index < -0.39 is 23.8 Å². The Bertz CT molecular complexity index is 879. The third-order valence-corrected chi connectivity index (χ3v) is 5.96. The van der Waals surface area contributed by atoms with Gasteiger partial charge in [0, 0.05) is 0 Å². The van der Waals surface area contributed by atoms with Crippen molar-refractivity contribution >= 4 is 11.9 Å². The maximum absolute atomic E-state index is 14.6. The summed E-state index contributed by atoms with van der Waals surface area (Å²) in [6.07, 6.45) is 3.87. The van der Waals surface area contributed by atoms with E-state index in [1.54, 1.807) is 0 Å². The standard InChI is InChI=1S/C23H24FNO3/c24-20-13-16(11-12-17(20)14-9-10-14)21(15-5-2-1-3-6-15)25-22(26)18-7-4-8-19(18)23(27)28/h1-3,5-6,11-14,18-19,21H,4,7-10H2,(H,25,26)(H,27,28). The van der Waals surface area contributed by atoms with E-state index >= 15 is 0 Å². The van der Waals surface area contributed by atoms with Crippen LogP contribution in [-0.4, -0.2) is 17.0 Å². The molecule has 2 saturated carbocycles. The number of aliphatic carboxylic acids is 1. The Morgan fingerprint density at radius 2 is 1.68 bits per heavy atom. The number of hydrogen-bond acceptors (Lipinski definition) is 2. The molecule has 2 aliphatic carbocycles. The number of amides is 1. The predicted molar refractivity (Wildman–Crippen MR) is 103 cm³/mol. The molecule has 1 amide bonds. The molecule has 0 aromatic heterocycles. The van der Waals surface area contributed by atoms with Crippen LogP contribution in [0, 0.1) is 17.7 Å². The Morgan fingerprint density at radius 1 is 0.964 bits per heavy atom. The van der Waals surface area contributed by atoms with Gasteiger partial charge in [0.2, 0.25) is 5.91 Å². The molecule has 0 spiro atoms. The van der Waals surface area contributed by atoms with Crippen molar-refractivity contribution in [3.63, 3.8) is 0 Å². The number of carboxylic acid groups (broad SMARTS) is 1. The van der Waals surface area contributed by atoms with Gasteiger partial charge in [0.25, 0.3) is 0 Å². The Morgan fingerprint density at radius 3 is 2.32 bits per heavy atom. The fourth-order valence-electron chi connectivity index (χ4n) is 4.27. The van der Waals surface area contributed by atoms with Gasteiger partial charge in [-0.05, 0) is 54.4 Å². The highest BCUT2D eigenvalue weighted by Crippen LogP contribution is 2.42. The van der Waals surface area contributed by atoms with Gasteiger partial charge in [-0.1, -0.05) is 48.9 Å². The highest BCUT2D eigenvalue weighted by Gasteiger charge is 2.38. The molecule has 2 aromatic rings. The van der Waals surface area contributed by atoms with Crippen molar-refractivity contribution in [2.24, 2.45) is 11.8 Å². The molecule has 3 atom stereocenters. The van der Waals surface area contributed by atoms with Gasteiger partial charge in [-0.2, -0.15) is 0 Å². The minimum Gasteiger partial charge on any atom is -0.481 e. The topological polar surface area (TPSA) is 66.4 Å². The van der Waals surface area contributed by atoms with Crippen molar-refractivity contribution in [3.8, 4) is 0 Å². The highest BCUT2D eigenvalue weighted by atomic mass is 19.1. The Hall–Kier alpha value is -2.69. The molecule has 4 rings (SSSR count). The van der Waals surface area contributed by atoms with Crippen LogP contribution in [0.5, 0.6) is 0 Å². The normalized spacial score (nSPS) is 22.6. The van der Waals surface area contributed by atoms with Gasteiger partial charge in [0.1, 0.15) is 5.82 Å². The van der Waals surface area contributed by atoms with Gasteiger partial charge in [-0.15, -0.1) is 0 Å². The van der Waals surface area contributed by atoms with Crippen molar-refractivity contribution in [1.29, 1.82) is 0 Å². The first kappa shape index (κ1) is 18.7. The summed E-state index contributed by atoms with van der Waals surface area (Å²) < 4.78 is 14.6. The zero-order chi connectivity index (χ0) is 19.7. The van der Waals surface area contributed by atoms with Gasteiger partial charge in [-0.3, -0.25) is 9.59 Å². The third kappa shape index (κ3) is 3.79. The Balaban J connectivity index is 1.62. The molecule has 2 aliphatic rings. The lowest BCUT2D eigenvalue weighted by atomic mass is 9.92. The van der Waals surface area contributed by atoms with E-state index in [1.807, 2.05) is 42.5 Å². The quantitative estimate of drug-likeness (QED) is 0.779. The zero-order valence-electron chi connectivity index (χ0n) is 15.6. The summed E-state index contributed by atoms with van der Waals surface area (Å²) in [7, 11) is 0. The Kier molecular flexibility index (Phi) is 5.16. The molecule has 3 unspecified atom stereocenters. The van der Waals surface area contributed by atoms with E-state index in [1.165, 1.54) is 6.07 Å². The SMILES string of the molecule is O=C(O)C1CCCC1C(=O)NC(c1ccccc1)c1ccc(C2CC2)c(F)c1. The van der Waals surface area contributed by atoms with Crippen LogP contribution in [0.1, 0.15) is 60.8 Å². The number of benzene rings is 2. The smallest absolute Gasteiger partial charge is 0.307 e. The Labute approximate surface area is 163 Å². The fourth-order valence-corrected chi connectivity index (χ4v) is 4.27. The largest absolute Gasteiger partial charge is 0.481 e. The van der Waals surface area contributed by atoms with Crippen LogP contribution in [-0.2, 0) is 9.59 Å². The average molecular weight is 381 g/mol. The third-order valence-electron chi connectivity index (χ3n) is 5.96. The van der Waals surface area contributed by atoms with Crippen molar-refractivity contribution < 1.29 is 19.1 Å². The van der Waals surface area contributed by atoms with E-state index in [4.69, 9.17) is 0 Å². The van der Waals surface area contributed by atoms with Gasteiger partial charge in [0.15, 0.2) is 0 Å². The van der Waals surface area contributed by atoms with Crippen molar-refractivity contribution in [3.05, 3.63) is 71.0 Å². The summed E-state index contributed by atoms with van der Waals surface area (Å²) in [5.41, 5.74) is 2.26. The average Bonchev–Trinajstić information content (AvgIpc) is 3.40. The second-order valence-corrected chi connectivity index (χ2v) is 7.89. The lowest BCUT2D eigenvalue weighted by Crippen LogP contribution is -2.38. The van der Waals surface area contributed by atoms with Gasteiger partial charge in [0.05, 0.1) is 17.9 Å². The zero-order valence-corrected chi connectivity index (χ0v) is 15.6. The van der Waals surface area contributed by atoms with E-state index in [-0.39, 0.29) is 11.7 Å². The molecule has 2 fully saturated rings. The molecule has 0 heterocycles. The maximum atomic E-state index is 14.6. The number of nitrogens with one attached hydrogen (secondary N) is 1. The monoisotopic (exact) mass is 381 g/mol. The molecule has 4 nitrogen and oxygen atoms in total. The first-order chi connectivity index (χ1) is 13.5. The van der Waals surface area contributed by atoms with Crippen LogP contribution in [0.3, 0.4) is 0 Å². The lowest BCUT2D eigenvalue weighted by molar-refractivity contribution is -0.146. The van der Waals surface area contributed by atoms with Gasteiger partial charge >= 0.3 is 5.97 Å². The molecular weight excluding hydrogens is 357 g/mol. The maximum Gasteiger partial charge on any atom is 0.307 e. The van der Waals surface area contributed by atoms with Crippen molar-refractivity contribution in [2.45, 2.75) is 44.1 Å². The lowest BCUT2D eigenvalue weighted by Gasteiger charge is -2.24. The van der Waals surface area contributed by atoms with E-state index in [0.29, 0.717) is 24.3 Å². The number of halogens is 1.